The summed E-state index contributed by atoms with van der Waals surface area (Å²) in [5, 5.41) is 2.60. The number of rotatable bonds is 3. The number of methoxy groups -OCH3 is 1. The summed E-state index contributed by atoms with van der Waals surface area (Å²) in [5.74, 6) is -2.13. The summed E-state index contributed by atoms with van der Waals surface area (Å²) in [5.41, 5.74) is 0.0674. The SMILES string of the molecule is COC(=O)c1sc2ccccc2c1NC(=O)C(F)F. The maximum absolute atomic E-state index is 12.3. The molecular formula is C12H9F2NO3S. The zero-order chi connectivity index (χ0) is 14.0. The van der Waals surface area contributed by atoms with Crippen LogP contribution in [0, 0.1) is 0 Å². The Labute approximate surface area is 111 Å². The molecule has 1 heterocycles. The molecule has 2 aromatic rings. The van der Waals surface area contributed by atoms with Gasteiger partial charge in [-0.1, -0.05) is 18.2 Å². The Morgan fingerprint density at radius 1 is 1.32 bits per heavy atom. The predicted molar refractivity (Wildman–Crippen MR) is 67.8 cm³/mol. The molecule has 1 aromatic heterocycles. The van der Waals surface area contributed by atoms with E-state index in [2.05, 4.69) is 10.1 Å². The van der Waals surface area contributed by atoms with E-state index in [1.54, 1.807) is 24.3 Å². The average molecular weight is 285 g/mol. The lowest BCUT2D eigenvalue weighted by Crippen LogP contribution is -2.21. The lowest BCUT2D eigenvalue weighted by molar-refractivity contribution is -0.126. The summed E-state index contributed by atoms with van der Waals surface area (Å²) in [6.07, 6.45) is -3.15. The van der Waals surface area contributed by atoms with E-state index in [-0.39, 0.29) is 10.6 Å². The Morgan fingerprint density at radius 3 is 2.63 bits per heavy atom. The fraction of sp³-hybridized carbons (Fsp3) is 0.167. The van der Waals surface area contributed by atoms with Crippen LogP contribution in [0.2, 0.25) is 0 Å². The van der Waals surface area contributed by atoms with Crippen molar-refractivity contribution in [1.29, 1.82) is 0 Å². The van der Waals surface area contributed by atoms with E-state index in [0.29, 0.717) is 10.1 Å². The molecule has 0 bridgehead atoms. The maximum Gasteiger partial charge on any atom is 0.350 e. The second-order valence-corrected chi connectivity index (χ2v) is 4.64. The van der Waals surface area contributed by atoms with Gasteiger partial charge in [-0.15, -0.1) is 11.3 Å². The molecule has 0 aliphatic rings. The fourth-order valence-corrected chi connectivity index (χ4v) is 2.66. The fourth-order valence-electron chi connectivity index (χ4n) is 1.58. The standard InChI is InChI=1S/C12H9F2NO3S/c1-18-12(17)9-8(15-11(16)10(13)14)6-4-2-3-5-7(6)19-9/h2-5,10H,1H3,(H,15,16). The smallest absolute Gasteiger partial charge is 0.350 e. The highest BCUT2D eigenvalue weighted by Gasteiger charge is 2.23. The monoisotopic (exact) mass is 285 g/mol. The first-order chi connectivity index (χ1) is 9.04. The number of hydrogen-bond donors (Lipinski definition) is 1. The Morgan fingerprint density at radius 2 is 2.00 bits per heavy atom. The molecule has 7 heteroatoms. The van der Waals surface area contributed by atoms with Crippen LogP contribution in [-0.4, -0.2) is 25.4 Å². The van der Waals surface area contributed by atoms with Crippen molar-refractivity contribution in [3.8, 4) is 0 Å². The van der Waals surface area contributed by atoms with Crippen LogP contribution in [0.4, 0.5) is 14.5 Å². The molecule has 1 N–H and O–H groups in total. The molecule has 0 radical (unpaired) electrons. The molecular weight excluding hydrogens is 276 g/mol. The van der Waals surface area contributed by atoms with Crippen molar-refractivity contribution in [2.24, 2.45) is 0 Å². The van der Waals surface area contributed by atoms with Crippen LogP contribution in [0.3, 0.4) is 0 Å². The van der Waals surface area contributed by atoms with Crippen molar-refractivity contribution < 1.29 is 23.1 Å². The Balaban J connectivity index is 2.54. The van der Waals surface area contributed by atoms with Gasteiger partial charge in [-0.3, -0.25) is 4.79 Å². The van der Waals surface area contributed by atoms with Crippen LogP contribution in [0.25, 0.3) is 10.1 Å². The van der Waals surface area contributed by atoms with Crippen molar-refractivity contribution in [2.45, 2.75) is 6.43 Å². The number of alkyl halides is 2. The van der Waals surface area contributed by atoms with Crippen molar-refractivity contribution in [2.75, 3.05) is 12.4 Å². The highest BCUT2D eigenvalue weighted by molar-refractivity contribution is 7.21. The lowest BCUT2D eigenvalue weighted by Gasteiger charge is -2.05. The van der Waals surface area contributed by atoms with Gasteiger partial charge in [0, 0.05) is 10.1 Å². The molecule has 0 unspecified atom stereocenters. The number of anilines is 1. The van der Waals surface area contributed by atoms with E-state index in [4.69, 9.17) is 0 Å². The van der Waals surface area contributed by atoms with E-state index in [0.717, 1.165) is 11.3 Å². The normalized spacial score (nSPS) is 10.7. The average Bonchev–Trinajstić information content (AvgIpc) is 2.77. The Kier molecular flexibility index (Phi) is 3.75. The van der Waals surface area contributed by atoms with Crippen molar-refractivity contribution >= 4 is 39.0 Å². The van der Waals surface area contributed by atoms with Crippen LogP contribution in [0.15, 0.2) is 24.3 Å². The van der Waals surface area contributed by atoms with Crippen LogP contribution < -0.4 is 5.32 Å². The van der Waals surface area contributed by atoms with E-state index in [1.165, 1.54) is 7.11 Å². The number of ether oxygens (including phenoxy) is 1. The van der Waals surface area contributed by atoms with Gasteiger partial charge in [0.15, 0.2) is 0 Å². The second-order valence-electron chi connectivity index (χ2n) is 3.58. The molecule has 4 nitrogen and oxygen atoms in total. The molecule has 0 fully saturated rings. The van der Waals surface area contributed by atoms with E-state index in [9.17, 15) is 18.4 Å². The Hall–Kier alpha value is -2.02. The number of nitrogens with one attached hydrogen (secondary N) is 1. The van der Waals surface area contributed by atoms with Crippen molar-refractivity contribution in [1.82, 2.24) is 0 Å². The first-order valence-corrected chi connectivity index (χ1v) is 6.05. The number of halogens is 2. The van der Waals surface area contributed by atoms with E-state index >= 15 is 0 Å². The molecule has 0 spiro atoms. The molecule has 2 rings (SSSR count). The number of esters is 1. The number of hydrogen-bond acceptors (Lipinski definition) is 4. The van der Waals surface area contributed by atoms with Gasteiger partial charge in [0.05, 0.1) is 12.8 Å². The minimum atomic E-state index is -3.15. The molecule has 0 saturated carbocycles. The van der Waals surface area contributed by atoms with Gasteiger partial charge in [-0.05, 0) is 6.07 Å². The maximum atomic E-state index is 12.3. The van der Waals surface area contributed by atoms with Crippen LogP contribution in [-0.2, 0) is 9.53 Å². The zero-order valence-corrected chi connectivity index (χ0v) is 10.6. The largest absolute Gasteiger partial charge is 0.465 e. The molecule has 0 atom stereocenters. The summed E-state index contributed by atoms with van der Waals surface area (Å²) in [4.78, 5) is 22.8. The lowest BCUT2D eigenvalue weighted by atomic mass is 10.2. The van der Waals surface area contributed by atoms with Crippen molar-refractivity contribution in [3.63, 3.8) is 0 Å². The molecule has 1 amide bonds. The van der Waals surface area contributed by atoms with Gasteiger partial charge in [-0.2, -0.15) is 8.78 Å². The summed E-state index contributed by atoms with van der Waals surface area (Å²) >= 11 is 1.08. The third-order valence-electron chi connectivity index (χ3n) is 2.41. The van der Waals surface area contributed by atoms with Gasteiger partial charge in [0.2, 0.25) is 0 Å². The van der Waals surface area contributed by atoms with Gasteiger partial charge in [0.1, 0.15) is 4.88 Å². The minimum absolute atomic E-state index is 0.0674. The highest BCUT2D eigenvalue weighted by Crippen LogP contribution is 2.36. The van der Waals surface area contributed by atoms with Crippen LogP contribution in [0.1, 0.15) is 9.67 Å². The molecule has 100 valence electrons. The first-order valence-electron chi connectivity index (χ1n) is 5.23. The van der Waals surface area contributed by atoms with Gasteiger partial charge in [-0.25, -0.2) is 4.79 Å². The van der Waals surface area contributed by atoms with E-state index < -0.39 is 18.3 Å². The van der Waals surface area contributed by atoms with Gasteiger partial charge < -0.3 is 10.1 Å². The summed E-state index contributed by atoms with van der Waals surface area (Å²) in [6, 6.07) is 6.80. The zero-order valence-electron chi connectivity index (χ0n) is 9.78. The van der Waals surface area contributed by atoms with Crippen molar-refractivity contribution in [3.05, 3.63) is 29.1 Å². The first kappa shape index (κ1) is 13.4. The van der Waals surface area contributed by atoms with Gasteiger partial charge in [0.25, 0.3) is 5.91 Å². The molecule has 19 heavy (non-hydrogen) atoms. The third-order valence-corrected chi connectivity index (χ3v) is 3.56. The number of carbonyl (C=O) groups excluding carboxylic acids is 2. The predicted octanol–water partition coefficient (Wildman–Crippen LogP) is 2.89. The molecule has 0 aliphatic heterocycles. The van der Waals surface area contributed by atoms with Crippen LogP contribution in [0.5, 0.6) is 0 Å². The number of thiophene rings is 1. The second kappa shape index (κ2) is 5.31. The molecule has 0 aliphatic carbocycles. The summed E-state index contributed by atoms with van der Waals surface area (Å²) < 4.78 is 29.9. The quantitative estimate of drug-likeness (QED) is 0.882. The summed E-state index contributed by atoms with van der Waals surface area (Å²) in [6.45, 7) is 0. The topological polar surface area (TPSA) is 55.4 Å². The summed E-state index contributed by atoms with van der Waals surface area (Å²) in [7, 11) is 1.19. The highest BCUT2D eigenvalue weighted by atomic mass is 32.1. The van der Waals surface area contributed by atoms with E-state index in [1.807, 2.05) is 0 Å². The molecule has 0 saturated heterocycles. The third kappa shape index (κ3) is 2.55. The Bertz CT molecular complexity index is 639. The molecule has 1 aromatic carbocycles. The minimum Gasteiger partial charge on any atom is -0.465 e. The number of carbonyl (C=O) groups is 2. The van der Waals surface area contributed by atoms with Gasteiger partial charge >= 0.3 is 12.4 Å². The number of amides is 1. The number of fused-ring (bicyclic) bond motifs is 1. The number of benzene rings is 1. The van der Waals surface area contributed by atoms with Crippen LogP contribution >= 0.6 is 11.3 Å².